The molecule has 2 aliphatic heterocycles. The Balaban J connectivity index is 0.00000580. The molecule has 55 heavy (non-hydrogen) atoms. The Morgan fingerprint density at radius 2 is 1.67 bits per heavy atom. The number of carbonyl (C=O) groups excluding carboxylic acids is 2. The number of nitrogens with zero attached hydrogens (tertiary/aromatic N) is 7. The number of nitrogens with one attached hydrogen (secondary N) is 3. The summed E-state index contributed by atoms with van der Waals surface area (Å²) in [7, 11) is 1.31. The maximum absolute atomic E-state index is 13.8. The number of halogens is 1. The van der Waals surface area contributed by atoms with Crippen LogP contribution in [0.3, 0.4) is 0 Å². The van der Waals surface area contributed by atoms with Gasteiger partial charge in [0.25, 0.3) is 0 Å². The molecule has 14 nitrogen and oxygen atoms in total. The zero-order valence-corrected chi connectivity index (χ0v) is 32.2. The first-order valence-corrected chi connectivity index (χ1v) is 17.6. The fourth-order valence-electron chi connectivity index (χ4n) is 6.06. The Labute approximate surface area is 326 Å². The maximum Gasteiger partial charge on any atom is 0.410 e. The van der Waals surface area contributed by atoms with E-state index in [-0.39, 0.29) is 49.7 Å². The maximum atomic E-state index is 13.8. The van der Waals surface area contributed by atoms with Crippen LogP contribution < -0.4 is 16.0 Å². The Morgan fingerprint density at radius 3 is 2.38 bits per heavy atom. The minimum Gasteiger partial charge on any atom is -0.467 e. The third kappa shape index (κ3) is 11.4. The summed E-state index contributed by atoms with van der Waals surface area (Å²) in [4.78, 5) is 51.3. The quantitative estimate of drug-likeness (QED) is 0.108. The lowest BCUT2D eigenvalue weighted by molar-refractivity contribution is -0.141. The molecule has 3 N–H and O–H groups in total. The molecule has 2 aliphatic rings. The van der Waals surface area contributed by atoms with Crippen molar-refractivity contribution in [2.45, 2.75) is 51.8 Å². The van der Waals surface area contributed by atoms with Gasteiger partial charge in [0.1, 0.15) is 17.5 Å². The van der Waals surface area contributed by atoms with Gasteiger partial charge in [-0.15, -0.1) is 0 Å². The molecule has 0 aliphatic carbocycles. The standard InChI is InChI=1S/C39H43FN10O4.H2S/c1-39(2,3)54-38(52)50-17-15-49(16-18-50)24-26-7-6-8-30(19-26)44-36-46-35(42-23-31-21-27-11-12-28(40)22-32(27)43-31)47-37(48-36)45-33(34(51)53-5)20-25-9-13-29(41-4)14-10-25;/h6-14,19,22,33H,15-18,20-21,23-24H2,1-3,5H3,(H3,42,44,45,46,47,48);1H2/t33-;/m0./s1. The van der Waals surface area contributed by atoms with Crippen molar-refractivity contribution in [2.75, 3.05) is 55.8 Å². The fraction of sp³-hybridized carbons (Fsp3) is 0.359. The Morgan fingerprint density at radius 1 is 0.945 bits per heavy atom. The molecule has 0 bridgehead atoms. The van der Waals surface area contributed by atoms with Crippen LogP contribution >= 0.6 is 13.5 Å². The van der Waals surface area contributed by atoms with E-state index < -0.39 is 17.6 Å². The van der Waals surface area contributed by atoms with Gasteiger partial charge in [-0.2, -0.15) is 28.4 Å². The molecule has 1 fully saturated rings. The van der Waals surface area contributed by atoms with Crippen molar-refractivity contribution in [2.24, 2.45) is 4.99 Å². The molecule has 3 heterocycles. The molecule has 0 radical (unpaired) electrons. The van der Waals surface area contributed by atoms with E-state index in [0.29, 0.717) is 57.1 Å². The first kappa shape index (κ1) is 40.4. The molecule has 4 aromatic rings. The van der Waals surface area contributed by atoms with E-state index in [2.05, 4.69) is 45.6 Å². The van der Waals surface area contributed by atoms with Gasteiger partial charge in [-0.1, -0.05) is 42.5 Å². The van der Waals surface area contributed by atoms with Crippen molar-refractivity contribution < 1.29 is 23.5 Å². The van der Waals surface area contributed by atoms with Gasteiger partial charge in [-0.25, -0.2) is 18.8 Å². The van der Waals surface area contributed by atoms with Gasteiger partial charge in [0.15, 0.2) is 5.69 Å². The summed E-state index contributed by atoms with van der Waals surface area (Å²) in [5.74, 6) is -0.284. The van der Waals surface area contributed by atoms with Crippen LogP contribution in [0.25, 0.3) is 4.85 Å². The van der Waals surface area contributed by atoms with E-state index in [4.69, 9.17) is 16.0 Å². The van der Waals surface area contributed by atoms with Crippen molar-refractivity contribution in [3.05, 3.63) is 101 Å². The van der Waals surface area contributed by atoms with E-state index in [1.54, 1.807) is 35.2 Å². The van der Waals surface area contributed by atoms with Gasteiger partial charge in [-0.3, -0.25) is 9.89 Å². The Hall–Kier alpha value is -5.79. The molecule has 0 saturated carbocycles. The van der Waals surface area contributed by atoms with E-state index >= 15 is 0 Å². The van der Waals surface area contributed by atoms with Crippen LogP contribution in [-0.2, 0) is 33.7 Å². The van der Waals surface area contributed by atoms with Crippen LogP contribution in [-0.4, -0.2) is 94.0 Å². The highest BCUT2D eigenvalue weighted by Gasteiger charge is 2.26. The van der Waals surface area contributed by atoms with E-state index in [0.717, 1.165) is 28.1 Å². The molecule has 0 spiro atoms. The third-order valence-corrected chi connectivity index (χ3v) is 8.71. The second-order valence-corrected chi connectivity index (χ2v) is 14.1. The number of amides is 1. The predicted molar refractivity (Wildman–Crippen MR) is 215 cm³/mol. The van der Waals surface area contributed by atoms with Crippen LogP contribution in [0.15, 0.2) is 71.7 Å². The minimum absolute atomic E-state index is 0. The Kier molecular flexibility index (Phi) is 13.2. The average Bonchev–Trinajstić information content (AvgIpc) is 3.55. The number of hydrogen-bond acceptors (Lipinski definition) is 12. The number of aliphatic imine (C=N–C) groups is 1. The third-order valence-electron chi connectivity index (χ3n) is 8.71. The van der Waals surface area contributed by atoms with Crippen molar-refractivity contribution in [1.29, 1.82) is 0 Å². The monoisotopic (exact) mass is 768 g/mol. The molecular weight excluding hydrogens is 724 g/mol. The molecule has 288 valence electrons. The largest absolute Gasteiger partial charge is 0.467 e. The average molecular weight is 769 g/mol. The zero-order valence-electron chi connectivity index (χ0n) is 31.2. The smallest absolute Gasteiger partial charge is 0.410 e. The van der Waals surface area contributed by atoms with Gasteiger partial charge in [0.05, 0.1) is 25.9 Å². The van der Waals surface area contributed by atoms with Gasteiger partial charge >= 0.3 is 12.1 Å². The molecule has 1 atom stereocenters. The first-order valence-electron chi connectivity index (χ1n) is 17.6. The Bertz CT molecular complexity index is 2060. The number of anilines is 4. The molecular formula is C39H45FN10O4S. The van der Waals surface area contributed by atoms with Crippen molar-refractivity contribution >= 4 is 66.2 Å². The van der Waals surface area contributed by atoms with Crippen LogP contribution in [0.4, 0.5) is 44.1 Å². The number of esters is 1. The van der Waals surface area contributed by atoms with Crippen LogP contribution in [0.5, 0.6) is 0 Å². The van der Waals surface area contributed by atoms with Crippen LogP contribution in [0.1, 0.15) is 37.5 Å². The van der Waals surface area contributed by atoms with Crippen molar-refractivity contribution in [3.8, 4) is 0 Å². The minimum atomic E-state index is -0.848. The number of carbonyl (C=O) groups is 2. The lowest BCUT2D eigenvalue weighted by atomic mass is 10.1. The van der Waals surface area contributed by atoms with Crippen molar-refractivity contribution in [3.63, 3.8) is 0 Å². The van der Waals surface area contributed by atoms with Gasteiger partial charge in [0.2, 0.25) is 17.8 Å². The number of benzene rings is 3. The summed E-state index contributed by atoms with van der Waals surface area (Å²) in [6, 6.07) is 18.6. The van der Waals surface area contributed by atoms with Gasteiger partial charge in [-0.05, 0) is 61.7 Å². The van der Waals surface area contributed by atoms with Gasteiger partial charge < -0.3 is 30.3 Å². The number of hydrogen-bond donors (Lipinski definition) is 3. The first-order chi connectivity index (χ1) is 25.9. The fourth-order valence-corrected chi connectivity index (χ4v) is 6.06. The number of ether oxygens (including phenoxy) is 2. The number of aromatic nitrogens is 3. The summed E-state index contributed by atoms with van der Waals surface area (Å²) in [6.45, 7) is 16.4. The molecule has 1 amide bonds. The predicted octanol–water partition coefficient (Wildman–Crippen LogP) is 6.41. The highest BCUT2D eigenvalue weighted by Crippen LogP contribution is 2.28. The van der Waals surface area contributed by atoms with E-state index in [1.807, 2.05) is 45.0 Å². The number of methoxy groups -OCH3 is 1. The number of rotatable bonds is 12. The zero-order chi connectivity index (χ0) is 38.2. The van der Waals surface area contributed by atoms with E-state index in [9.17, 15) is 14.0 Å². The summed E-state index contributed by atoms with van der Waals surface area (Å²) in [5, 5.41) is 9.62. The summed E-state index contributed by atoms with van der Waals surface area (Å²) >= 11 is 0. The highest BCUT2D eigenvalue weighted by molar-refractivity contribution is 7.59. The molecule has 3 aromatic carbocycles. The van der Waals surface area contributed by atoms with Crippen LogP contribution in [0, 0.1) is 12.4 Å². The highest BCUT2D eigenvalue weighted by atomic mass is 32.1. The SMILES string of the molecule is S.[C-]#[N+]c1ccc(C[C@H](Nc2nc(NCC3=Nc4cc(F)ccc4C3)nc(Nc3cccc(CN4CCN(C(=O)OC(C)(C)C)CC4)c3)n2)C(=O)OC)cc1. The normalized spacial score (nSPS) is 14.4. The molecule has 1 aromatic heterocycles. The lowest BCUT2D eigenvalue weighted by Crippen LogP contribution is -2.49. The summed E-state index contributed by atoms with van der Waals surface area (Å²) in [5.41, 5.74) is 4.89. The molecule has 1 saturated heterocycles. The molecule has 6 rings (SSSR count). The second kappa shape index (κ2) is 18.0. The van der Waals surface area contributed by atoms with E-state index in [1.165, 1.54) is 19.2 Å². The van der Waals surface area contributed by atoms with Gasteiger partial charge in [0, 0.05) is 57.0 Å². The number of piperazine rings is 1. The van der Waals surface area contributed by atoms with Crippen LogP contribution in [0.2, 0.25) is 0 Å². The summed E-state index contributed by atoms with van der Waals surface area (Å²) < 4.78 is 24.4. The molecule has 16 heteroatoms. The molecule has 0 unspecified atom stereocenters. The van der Waals surface area contributed by atoms with Crippen molar-refractivity contribution in [1.82, 2.24) is 24.8 Å². The summed E-state index contributed by atoms with van der Waals surface area (Å²) in [6.07, 6.45) is 0.518. The topological polar surface area (TPSA) is 151 Å². The second-order valence-electron chi connectivity index (χ2n) is 14.1. The number of fused-ring (bicyclic) bond motifs is 1. The lowest BCUT2D eigenvalue weighted by Gasteiger charge is -2.35.